The Bertz CT molecular complexity index is 1710. The Morgan fingerprint density at radius 1 is 1.00 bits per heavy atom. The third-order valence-corrected chi connectivity index (χ3v) is 7.88. The minimum absolute atomic E-state index is 0.0376. The predicted octanol–water partition coefficient (Wildman–Crippen LogP) is 2.90. The zero-order valence-electron chi connectivity index (χ0n) is 24.9. The van der Waals surface area contributed by atoms with Gasteiger partial charge in [0.05, 0.1) is 12.0 Å². The van der Waals surface area contributed by atoms with Crippen molar-refractivity contribution >= 4 is 56.9 Å². The number of ketones is 1. The summed E-state index contributed by atoms with van der Waals surface area (Å²) in [7, 11) is -1.73. The number of benzene rings is 3. The summed E-state index contributed by atoms with van der Waals surface area (Å²) in [5.74, 6) is -13.9. The van der Waals surface area contributed by atoms with E-state index >= 15 is 0 Å². The second-order valence-electron chi connectivity index (χ2n) is 10.7. The molecule has 0 saturated carbocycles. The molecular formula is C31H30F4N4O7S. The number of halogens is 4. The normalized spacial score (nSPS) is 15.8. The van der Waals surface area contributed by atoms with Crippen molar-refractivity contribution in [3.05, 3.63) is 71.8 Å². The first-order valence-corrected chi connectivity index (χ1v) is 15.9. The number of hydrogen-bond acceptors (Lipinski definition) is 7. The predicted molar refractivity (Wildman–Crippen MR) is 162 cm³/mol. The van der Waals surface area contributed by atoms with E-state index in [1.54, 1.807) is 24.3 Å². The summed E-state index contributed by atoms with van der Waals surface area (Å²) >= 11 is 0. The van der Waals surface area contributed by atoms with E-state index in [9.17, 15) is 45.7 Å². The van der Waals surface area contributed by atoms with Gasteiger partial charge in [-0.3, -0.25) is 28.7 Å². The van der Waals surface area contributed by atoms with Crippen LogP contribution in [-0.4, -0.2) is 70.5 Å². The molecule has 1 aliphatic heterocycles. The van der Waals surface area contributed by atoms with E-state index in [4.69, 9.17) is 4.74 Å². The van der Waals surface area contributed by atoms with E-state index in [2.05, 4.69) is 15.4 Å². The van der Waals surface area contributed by atoms with Crippen molar-refractivity contribution in [3.8, 4) is 5.75 Å². The molecule has 0 radical (unpaired) electrons. The molecule has 0 bridgehead atoms. The van der Waals surface area contributed by atoms with Gasteiger partial charge in [-0.1, -0.05) is 36.4 Å². The molecule has 3 unspecified atom stereocenters. The highest BCUT2D eigenvalue weighted by Gasteiger charge is 2.34. The second-order valence-corrected chi connectivity index (χ2v) is 11.8. The molecule has 1 saturated heterocycles. The summed E-state index contributed by atoms with van der Waals surface area (Å²) in [4.78, 5) is 65.5. The van der Waals surface area contributed by atoms with Crippen LogP contribution in [0.5, 0.6) is 5.75 Å². The molecular weight excluding hydrogens is 648 g/mol. The average molecular weight is 679 g/mol. The van der Waals surface area contributed by atoms with Gasteiger partial charge in [0, 0.05) is 42.9 Å². The Labute approximate surface area is 268 Å². The number of ether oxygens (including phenoxy) is 1. The van der Waals surface area contributed by atoms with Crippen molar-refractivity contribution in [3.63, 3.8) is 0 Å². The Morgan fingerprint density at radius 3 is 2.38 bits per heavy atom. The van der Waals surface area contributed by atoms with Gasteiger partial charge in [0.25, 0.3) is 0 Å². The van der Waals surface area contributed by atoms with Crippen molar-refractivity contribution in [2.75, 3.05) is 31.3 Å². The van der Waals surface area contributed by atoms with Crippen LogP contribution in [-0.2, 0) is 35.0 Å². The van der Waals surface area contributed by atoms with Crippen LogP contribution in [0.4, 0.5) is 23.2 Å². The first kappa shape index (κ1) is 35.0. The number of amides is 4. The summed E-state index contributed by atoms with van der Waals surface area (Å²) in [6.07, 6.45) is 1.00. The van der Waals surface area contributed by atoms with Crippen LogP contribution in [0.2, 0.25) is 0 Å². The molecule has 1 fully saturated rings. The fourth-order valence-electron chi connectivity index (χ4n) is 5.04. The average Bonchev–Trinajstić information content (AvgIpc) is 3.05. The van der Waals surface area contributed by atoms with Gasteiger partial charge in [-0.2, -0.15) is 8.78 Å². The lowest BCUT2D eigenvalue weighted by atomic mass is 9.95. The number of Topliss-reactive ketones (excluding diaryl/α,β-unsaturated/α-hetero) is 1. The molecule has 250 valence electrons. The summed E-state index contributed by atoms with van der Waals surface area (Å²) in [6, 6.07) is 10.9. The van der Waals surface area contributed by atoms with E-state index < -0.39 is 94.4 Å². The Kier molecular flexibility index (Phi) is 11.6. The Balaban J connectivity index is 1.42. The van der Waals surface area contributed by atoms with Crippen LogP contribution in [0.15, 0.2) is 48.5 Å². The lowest BCUT2D eigenvalue weighted by Crippen LogP contribution is -2.51. The Morgan fingerprint density at radius 2 is 1.68 bits per heavy atom. The van der Waals surface area contributed by atoms with Crippen LogP contribution in [0, 0.1) is 29.2 Å². The number of nitrogens with one attached hydrogen (secondary N) is 3. The maximum Gasteiger partial charge on any atom is 0.313 e. The first-order valence-electron chi connectivity index (χ1n) is 14.4. The molecule has 4 amide bonds. The van der Waals surface area contributed by atoms with Crippen LogP contribution < -0.4 is 20.1 Å². The van der Waals surface area contributed by atoms with E-state index in [1.807, 2.05) is 18.2 Å². The lowest BCUT2D eigenvalue weighted by molar-refractivity contribution is -0.145. The van der Waals surface area contributed by atoms with Crippen LogP contribution >= 0.6 is 0 Å². The summed E-state index contributed by atoms with van der Waals surface area (Å²) in [5.41, 5.74) is 0.424. The largest absolute Gasteiger partial charge is 0.479 e. The lowest BCUT2D eigenvalue weighted by Gasteiger charge is -2.32. The van der Waals surface area contributed by atoms with Gasteiger partial charge in [-0.05, 0) is 30.7 Å². The van der Waals surface area contributed by atoms with Crippen molar-refractivity contribution in [2.45, 2.75) is 31.7 Å². The van der Waals surface area contributed by atoms with Crippen molar-refractivity contribution < 1.29 is 50.5 Å². The fraction of sp³-hybridized carbons (Fsp3) is 0.323. The van der Waals surface area contributed by atoms with Gasteiger partial charge in [0.2, 0.25) is 23.4 Å². The van der Waals surface area contributed by atoms with Gasteiger partial charge in [0.15, 0.2) is 23.2 Å². The zero-order chi connectivity index (χ0) is 34.2. The number of carbonyl (C=O) groups excluding carboxylic acids is 5. The van der Waals surface area contributed by atoms with Gasteiger partial charge in [-0.15, -0.1) is 0 Å². The SMILES string of the molecule is CS(=O)NC(=O)CCC(NC(=O)C1CCCN(C(=O)C(=O)Nc2cccc3ccccc23)C1)C(=O)COc1c(F)c(F)cc(F)c1F. The molecule has 0 aromatic heterocycles. The van der Waals surface area contributed by atoms with Crippen LogP contribution in [0.1, 0.15) is 25.7 Å². The summed E-state index contributed by atoms with van der Waals surface area (Å²) in [5, 5.41) is 6.61. The molecule has 47 heavy (non-hydrogen) atoms. The third-order valence-electron chi connectivity index (χ3n) is 7.36. The molecule has 3 N–H and O–H groups in total. The number of anilines is 1. The van der Waals surface area contributed by atoms with Crippen LogP contribution in [0.25, 0.3) is 10.8 Å². The highest BCUT2D eigenvalue weighted by Crippen LogP contribution is 2.27. The number of nitrogens with zero attached hydrogens (tertiary/aromatic N) is 1. The van der Waals surface area contributed by atoms with E-state index in [1.165, 1.54) is 11.2 Å². The molecule has 4 rings (SSSR count). The standard InChI is InChI=1S/C31H30F4N4O7S/c1-47(45)38-25(41)12-11-23(24(40)16-46-28-26(34)20(32)14-21(33)27(28)35)37-29(42)18-8-5-13-39(15-18)31(44)30(43)36-22-10-4-7-17-6-2-3-9-19(17)22/h2-4,6-7,9-10,14,18,23H,5,8,11-13,15-16H2,1H3,(H,36,43)(H,37,42)(H,38,41). The zero-order valence-corrected chi connectivity index (χ0v) is 25.8. The molecule has 1 aliphatic rings. The minimum Gasteiger partial charge on any atom is -0.479 e. The van der Waals surface area contributed by atoms with Gasteiger partial charge < -0.3 is 20.3 Å². The fourth-order valence-corrected chi connectivity index (χ4v) is 5.46. The molecule has 3 aromatic carbocycles. The number of piperidine rings is 1. The monoisotopic (exact) mass is 678 g/mol. The number of fused-ring (bicyclic) bond motifs is 1. The maximum atomic E-state index is 14.0. The van der Waals surface area contributed by atoms with Gasteiger partial charge in [-0.25, -0.2) is 13.0 Å². The maximum absolute atomic E-state index is 14.0. The molecule has 11 nitrogen and oxygen atoms in total. The highest BCUT2D eigenvalue weighted by atomic mass is 32.2. The topological polar surface area (TPSA) is 151 Å². The molecule has 1 heterocycles. The molecule has 0 spiro atoms. The van der Waals surface area contributed by atoms with Crippen molar-refractivity contribution in [1.82, 2.24) is 14.9 Å². The number of hydrogen-bond donors (Lipinski definition) is 3. The van der Waals surface area contributed by atoms with E-state index in [0.29, 0.717) is 12.1 Å². The minimum atomic E-state index is -1.88. The molecule has 3 atom stereocenters. The second kappa shape index (κ2) is 15.6. The number of likely N-dealkylation sites (tertiary alicyclic amines) is 1. The number of carbonyl (C=O) groups is 5. The van der Waals surface area contributed by atoms with Gasteiger partial charge in [0.1, 0.15) is 17.6 Å². The molecule has 3 aromatic rings. The summed E-state index contributed by atoms with van der Waals surface area (Å²) in [6.45, 7) is -1.15. The van der Waals surface area contributed by atoms with E-state index in [0.717, 1.165) is 10.8 Å². The quantitative estimate of drug-likeness (QED) is 0.160. The molecule has 16 heteroatoms. The Hall–Kier alpha value is -4.86. The third kappa shape index (κ3) is 8.90. The van der Waals surface area contributed by atoms with Crippen molar-refractivity contribution in [1.29, 1.82) is 0 Å². The number of rotatable bonds is 11. The van der Waals surface area contributed by atoms with E-state index in [-0.39, 0.29) is 32.0 Å². The van der Waals surface area contributed by atoms with Crippen molar-refractivity contribution in [2.24, 2.45) is 5.92 Å². The molecule has 0 aliphatic carbocycles. The first-order chi connectivity index (χ1) is 22.3. The van der Waals surface area contributed by atoms with Gasteiger partial charge >= 0.3 is 11.8 Å². The smallest absolute Gasteiger partial charge is 0.313 e. The highest BCUT2D eigenvalue weighted by molar-refractivity contribution is 7.82. The summed E-state index contributed by atoms with van der Waals surface area (Å²) < 4.78 is 73.4. The van der Waals surface area contributed by atoms with Crippen LogP contribution in [0.3, 0.4) is 0 Å².